The highest BCUT2D eigenvalue weighted by atomic mass is 16.5. The Morgan fingerprint density at radius 2 is 2.12 bits per heavy atom. The van der Waals surface area contributed by atoms with E-state index in [0.29, 0.717) is 10.8 Å². The van der Waals surface area contributed by atoms with E-state index in [2.05, 4.69) is 20.4 Å². The number of hydrogen-bond donors (Lipinski definition) is 0. The minimum absolute atomic E-state index is 0.482. The predicted molar refractivity (Wildman–Crippen MR) is 70.8 cm³/mol. The molecule has 0 aliphatic heterocycles. The highest BCUT2D eigenvalue weighted by Gasteiger charge is 2.64. The number of rotatable bonds is 2. The third kappa shape index (κ3) is 1.35. The van der Waals surface area contributed by atoms with Crippen LogP contribution in [0.3, 0.4) is 0 Å². The van der Waals surface area contributed by atoms with E-state index in [1.54, 1.807) is 0 Å². The lowest BCUT2D eigenvalue weighted by Crippen LogP contribution is -2.33. The Morgan fingerprint density at radius 1 is 1.35 bits per heavy atom. The zero-order valence-corrected chi connectivity index (χ0v) is 11.6. The molecule has 0 aromatic heterocycles. The molecule has 0 amide bonds. The molecule has 0 radical (unpaired) electrons. The van der Waals surface area contributed by atoms with Gasteiger partial charge in [0.05, 0.1) is 0 Å². The standard InChI is InChI=1S/C16H26O/c1-11-7-8-16-9-13(11)15(2,3)14(16)6-5-12(16)10-17-4/h12-14H,1,5-10H2,2-4H3/t12-,13+,14?,16+/m1/s1. The summed E-state index contributed by atoms with van der Waals surface area (Å²) in [6.07, 6.45) is 6.86. The summed E-state index contributed by atoms with van der Waals surface area (Å²) in [4.78, 5) is 0. The third-order valence-electron chi connectivity index (χ3n) is 6.46. The number of hydrogen-bond acceptors (Lipinski definition) is 1. The van der Waals surface area contributed by atoms with Crippen LogP contribution in [0.15, 0.2) is 12.2 Å². The molecule has 1 heteroatoms. The minimum atomic E-state index is 0.482. The first-order chi connectivity index (χ1) is 8.02. The molecule has 3 aliphatic rings. The van der Waals surface area contributed by atoms with Crippen LogP contribution in [-0.4, -0.2) is 13.7 Å². The molecule has 3 rings (SSSR count). The summed E-state index contributed by atoms with van der Waals surface area (Å²) < 4.78 is 5.49. The van der Waals surface area contributed by atoms with Crippen molar-refractivity contribution in [3.8, 4) is 0 Å². The van der Waals surface area contributed by atoms with Crippen LogP contribution in [-0.2, 0) is 4.74 Å². The van der Waals surface area contributed by atoms with E-state index < -0.39 is 0 Å². The molecule has 17 heavy (non-hydrogen) atoms. The summed E-state index contributed by atoms with van der Waals surface area (Å²) in [6.45, 7) is 10.3. The number of ether oxygens (including phenoxy) is 1. The van der Waals surface area contributed by atoms with Crippen molar-refractivity contribution < 1.29 is 4.74 Å². The molecule has 4 atom stereocenters. The molecule has 0 saturated heterocycles. The van der Waals surface area contributed by atoms with Crippen molar-refractivity contribution in [1.82, 2.24) is 0 Å². The van der Waals surface area contributed by atoms with E-state index in [1.807, 2.05) is 7.11 Å². The molecule has 2 bridgehead atoms. The Balaban J connectivity index is 1.98. The average molecular weight is 234 g/mol. The van der Waals surface area contributed by atoms with Crippen LogP contribution in [0.2, 0.25) is 0 Å². The lowest BCUT2D eigenvalue weighted by molar-refractivity contribution is 0.0476. The van der Waals surface area contributed by atoms with Gasteiger partial charge < -0.3 is 4.74 Å². The fourth-order valence-electron chi connectivity index (χ4n) is 5.70. The van der Waals surface area contributed by atoms with Crippen LogP contribution in [0.25, 0.3) is 0 Å². The second-order valence-electron chi connectivity index (χ2n) is 7.25. The van der Waals surface area contributed by atoms with Gasteiger partial charge in [0.2, 0.25) is 0 Å². The summed E-state index contributed by atoms with van der Waals surface area (Å²) in [5, 5.41) is 0. The summed E-state index contributed by atoms with van der Waals surface area (Å²) in [5.74, 6) is 2.51. The molecule has 3 saturated carbocycles. The molecule has 0 N–H and O–H groups in total. The van der Waals surface area contributed by atoms with Crippen molar-refractivity contribution in [3.05, 3.63) is 12.2 Å². The first kappa shape index (κ1) is 11.8. The Labute approximate surface area is 106 Å². The molecule has 96 valence electrons. The van der Waals surface area contributed by atoms with Gasteiger partial charge in [-0.3, -0.25) is 0 Å². The van der Waals surface area contributed by atoms with Gasteiger partial charge in [-0.15, -0.1) is 0 Å². The maximum Gasteiger partial charge on any atom is 0.0495 e. The topological polar surface area (TPSA) is 9.23 Å². The fraction of sp³-hybridized carbons (Fsp3) is 0.875. The first-order valence-electron chi connectivity index (χ1n) is 7.19. The second kappa shape index (κ2) is 3.60. The van der Waals surface area contributed by atoms with Crippen LogP contribution in [0, 0.1) is 28.6 Å². The summed E-state index contributed by atoms with van der Waals surface area (Å²) in [7, 11) is 1.86. The van der Waals surface area contributed by atoms with E-state index in [9.17, 15) is 0 Å². The van der Waals surface area contributed by atoms with Gasteiger partial charge in [0, 0.05) is 13.7 Å². The lowest BCUT2D eigenvalue weighted by Gasteiger charge is -2.39. The predicted octanol–water partition coefficient (Wildman–Crippen LogP) is 4.04. The van der Waals surface area contributed by atoms with E-state index in [0.717, 1.165) is 24.4 Å². The third-order valence-corrected chi connectivity index (χ3v) is 6.46. The molecule has 1 unspecified atom stereocenters. The Bertz CT molecular complexity index is 343. The number of fused-ring (bicyclic) bond motifs is 1. The van der Waals surface area contributed by atoms with E-state index in [4.69, 9.17) is 4.74 Å². The van der Waals surface area contributed by atoms with Crippen molar-refractivity contribution >= 4 is 0 Å². The van der Waals surface area contributed by atoms with Crippen molar-refractivity contribution in [3.63, 3.8) is 0 Å². The molecule has 1 spiro atoms. The number of allylic oxidation sites excluding steroid dienone is 1. The number of methoxy groups -OCH3 is 1. The Kier molecular flexibility index (Phi) is 2.49. The van der Waals surface area contributed by atoms with Crippen LogP contribution >= 0.6 is 0 Å². The van der Waals surface area contributed by atoms with Crippen molar-refractivity contribution in [1.29, 1.82) is 0 Å². The van der Waals surface area contributed by atoms with Gasteiger partial charge in [-0.1, -0.05) is 26.0 Å². The van der Waals surface area contributed by atoms with Crippen LogP contribution in [0.5, 0.6) is 0 Å². The molecule has 0 aromatic rings. The molecule has 1 nitrogen and oxygen atoms in total. The van der Waals surface area contributed by atoms with E-state index in [1.165, 1.54) is 37.7 Å². The summed E-state index contributed by atoms with van der Waals surface area (Å²) in [6, 6.07) is 0. The monoisotopic (exact) mass is 234 g/mol. The Morgan fingerprint density at radius 3 is 2.82 bits per heavy atom. The van der Waals surface area contributed by atoms with Gasteiger partial charge >= 0.3 is 0 Å². The maximum absolute atomic E-state index is 5.49. The van der Waals surface area contributed by atoms with E-state index in [-0.39, 0.29) is 0 Å². The van der Waals surface area contributed by atoms with Gasteiger partial charge in [-0.25, -0.2) is 0 Å². The smallest absolute Gasteiger partial charge is 0.0495 e. The first-order valence-corrected chi connectivity index (χ1v) is 7.19. The van der Waals surface area contributed by atoms with Gasteiger partial charge in [-0.2, -0.15) is 0 Å². The van der Waals surface area contributed by atoms with Gasteiger partial charge in [0.15, 0.2) is 0 Å². The summed E-state index contributed by atoms with van der Waals surface area (Å²) >= 11 is 0. The molecular weight excluding hydrogens is 208 g/mol. The van der Waals surface area contributed by atoms with Gasteiger partial charge in [0.1, 0.15) is 0 Å². The molecule has 3 fully saturated rings. The normalized spacial score (nSPS) is 47.2. The lowest BCUT2D eigenvalue weighted by atomic mass is 9.66. The van der Waals surface area contributed by atoms with Crippen molar-refractivity contribution in [2.24, 2.45) is 28.6 Å². The molecule has 0 heterocycles. The quantitative estimate of drug-likeness (QED) is 0.655. The fourth-order valence-corrected chi connectivity index (χ4v) is 5.70. The highest BCUT2D eigenvalue weighted by molar-refractivity contribution is 5.23. The van der Waals surface area contributed by atoms with E-state index >= 15 is 0 Å². The zero-order chi connectivity index (χ0) is 12.3. The van der Waals surface area contributed by atoms with Crippen LogP contribution in [0.1, 0.15) is 46.0 Å². The molecule has 3 aliphatic carbocycles. The largest absolute Gasteiger partial charge is 0.384 e. The Hall–Kier alpha value is -0.300. The minimum Gasteiger partial charge on any atom is -0.384 e. The second-order valence-corrected chi connectivity index (χ2v) is 7.25. The maximum atomic E-state index is 5.49. The SMILES string of the molecule is C=C1CC[C@@]23C[C@@H]1C(C)(C)C2CC[C@@H]3COC. The van der Waals surface area contributed by atoms with Crippen molar-refractivity contribution in [2.45, 2.75) is 46.0 Å². The average Bonchev–Trinajstić information content (AvgIpc) is 2.70. The van der Waals surface area contributed by atoms with Gasteiger partial charge in [-0.05, 0) is 60.7 Å². The highest BCUT2D eigenvalue weighted by Crippen LogP contribution is 2.72. The molecular formula is C16H26O. The molecule has 0 aromatic carbocycles. The van der Waals surface area contributed by atoms with Gasteiger partial charge in [0.25, 0.3) is 0 Å². The van der Waals surface area contributed by atoms with Crippen molar-refractivity contribution in [2.75, 3.05) is 13.7 Å². The summed E-state index contributed by atoms with van der Waals surface area (Å²) in [5.41, 5.74) is 2.62. The zero-order valence-electron chi connectivity index (χ0n) is 11.6. The van der Waals surface area contributed by atoms with Crippen LogP contribution < -0.4 is 0 Å². The van der Waals surface area contributed by atoms with Crippen LogP contribution in [0.4, 0.5) is 0 Å².